The van der Waals surface area contributed by atoms with E-state index >= 15 is 0 Å². The zero-order valence-corrected chi connectivity index (χ0v) is 14.5. The van der Waals surface area contributed by atoms with Gasteiger partial charge < -0.3 is 9.88 Å². The normalized spacial score (nSPS) is 25.5. The molecule has 4 nitrogen and oxygen atoms in total. The minimum atomic E-state index is 0.250. The molecule has 3 atom stereocenters. The molecule has 0 aliphatic heterocycles. The number of imidazole rings is 1. The number of amides is 1. The Bertz CT molecular complexity index is 736. The summed E-state index contributed by atoms with van der Waals surface area (Å²) in [5.41, 5.74) is 2.23. The van der Waals surface area contributed by atoms with Crippen molar-refractivity contribution in [2.24, 2.45) is 17.8 Å². The molecule has 4 rings (SSSR count). The van der Waals surface area contributed by atoms with Crippen molar-refractivity contribution in [3.63, 3.8) is 0 Å². The number of aryl methyl sites for hydroxylation is 2. The van der Waals surface area contributed by atoms with E-state index in [4.69, 9.17) is 0 Å². The first-order valence-corrected chi connectivity index (χ1v) is 9.39. The van der Waals surface area contributed by atoms with Gasteiger partial charge in [0.1, 0.15) is 5.82 Å². The Morgan fingerprint density at radius 1 is 1.29 bits per heavy atom. The summed E-state index contributed by atoms with van der Waals surface area (Å²) in [6, 6.07) is 8.24. The second kappa shape index (κ2) is 6.58. The SMILES string of the molecule is Cc1nc2ccccc2n1CCCNC(=O)CC1CC2CCC1C2. The molecule has 128 valence electrons. The Morgan fingerprint density at radius 3 is 2.96 bits per heavy atom. The molecule has 2 aliphatic carbocycles. The Kier molecular flexibility index (Phi) is 4.30. The van der Waals surface area contributed by atoms with Gasteiger partial charge in [0, 0.05) is 19.5 Å². The van der Waals surface area contributed by atoms with Gasteiger partial charge in [-0.15, -0.1) is 0 Å². The minimum Gasteiger partial charge on any atom is -0.356 e. The van der Waals surface area contributed by atoms with E-state index in [1.165, 1.54) is 31.2 Å². The fourth-order valence-corrected chi connectivity index (χ4v) is 4.88. The van der Waals surface area contributed by atoms with Crippen molar-refractivity contribution < 1.29 is 4.79 Å². The van der Waals surface area contributed by atoms with E-state index in [0.29, 0.717) is 5.92 Å². The van der Waals surface area contributed by atoms with Crippen LogP contribution in [0.3, 0.4) is 0 Å². The number of benzene rings is 1. The largest absolute Gasteiger partial charge is 0.356 e. The minimum absolute atomic E-state index is 0.250. The third kappa shape index (κ3) is 3.06. The molecule has 2 fully saturated rings. The van der Waals surface area contributed by atoms with Crippen molar-refractivity contribution in [1.82, 2.24) is 14.9 Å². The number of hydrogen-bond acceptors (Lipinski definition) is 2. The van der Waals surface area contributed by atoms with Crippen LogP contribution in [0.25, 0.3) is 11.0 Å². The van der Waals surface area contributed by atoms with Gasteiger partial charge in [-0.25, -0.2) is 4.98 Å². The number of para-hydroxylation sites is 2. The smallest absolute Gasteiger partial charge is 0.220 e. The molecule has 1 N–H and O–H groups in total. The van der Waals surface area contributed by atoms with Gasteiger partial charge in [0.15, 0.2) is 0 Å². The fourth-order valence-electron chi connectivity index (χ4n) is 4.88. The number of hydrogen-bond donors (Lipinski definition) is 1. The van der Waals surface area contributed by atoms with E-state index in [1.807, 2.05) is 13.0 Å². The van der Waals surface area contributed by atoms with Crippen LogP contribution in [0.2, 0.25) is 0 Å². The summed E-state index contributed by atoms with van der Waals surface area (Å²) < 4.78 is 2.25. The van der Waals surface area contributed by atoms with Crippen LogP contribution in [-0.4, -0.2) is 22.0 Å². The lowest BCUT2D eigenvalue weighted by Gasteiger charge is -2.20. The molecule has 4 heteroatoms. The number of rotatable bonds is 6. The Balaban J connectivity index is 1.24. The number of nitrogens with zero attached hydrogens (tertiary/aromatic N) is 2. The van der Waals surface area contributed by atoms with E-state index < -0.39 is 0 Å². The van der Waals surface area contributed by atoms with Gasteiger partial charge in [-0.05, 0) is 62.5 Å². The van der Waals surface area contributed by atoms with E-state index in [-0.39, 0.29) is 5.91 Å². The number of nitrogens with one attached hydrogen (secondary N) is 1. The summed E-state index contributed by atoms with van der Waals surface area (Å²) >= 11 is 0. The Hall–Kier alpha value is -1.84. The highest BCUT2D eigenvalue weighted by molar-refractivity contribution is 5.76. The van der Waals surface area contributed by atoms with Crippen molar-refractivity contribution in [1.29, 1.82) is 0 Å². The monoisotopic (exact) mass is 325 g/mol. The summed E-state index contributed by atoms with van der Waals surface area (Å²) in [6.45, 7) is 3.71. The van der Waals surface area contributed by atoms with Crippen molar-refractivity contribution in [2.75, 3.05) is 6.54 Å². The first kappa shape index (κ1) is 15.7. The Morgan fingerprint density at radius 2 is 2.17 bits per heavy atom. The molecule has 0 radical (unpaired) electrons. The zero-order chi connectivity index (χ0) is 16.5. The molecular weight excluding hydrogens is 298 g/mol. The third-order valence-electron chi connectivity index (χ3n) is 6.06. The summed E-state index contributed by atoms with van der Waals surface area (Å²) in [5, 5.41) is 3.13. The van der Waals surface area contributed by atoms with E-state index in [0.717, 1.165) is 49.1 Å². The first-order valence-electron chi connectivity index (χ1n) is 9.39. The number of aromatic nitrogens is 2. The standard InChI is InChI=1S/C20H27N3O/c1-14-22-18-5-2-3-6-19(18)23(14)10-4-9-21-20(24)13-17-12-15-7-8-16(17)11-15/h2-3,5-6,15-17H,4,7-13H2,1H3,(H,21,24). The fraction of sp³-hybridized carbons (Fsp3) is 0.600. The summed E-state index contributed by atoms with van der Waals surface area (Å²) in [7, 11) is 0. The molecule has 24 heavy (non-hydrogen) atoms. The summed E-state index contributed by atoms with van der Waals surface area (Å²) in [6.07, 6.45) is 7.12. The van der Waals surface area contributed by atoms with Gasteiger partial charge >= 0.3 is 0 Å². The van der Waals surface area contributed by atoms with E-state index in [2.05, 4.69) is 33.1 Å². The van der Waals surface area contributed by atoms with Crippen molar-refractivity contribution >= 4 is 16.9 Å². The van der Waals surface area contributed by atoms with Gasteiger partial charge in [0.25, 0.3) is 0 Å². The maximum atomic E-state index is 12.2. The number of carbonyl (C=O) groups is 1. The van der Waals surface area contributed by atoms with Gasteiger partial charge in [-0.2, -0.15) is 0 Å². The molecule has 0 saturated heterocycles. The lowest BCUT2D eigenvalue weighted by Crippen LogP contribution is -2.28. The zero-order valence-electron chi connectivity index (χ0n) is 14.5. The van der Waals surface area contributed by atoms with Crippen LogP contribution >= 0.6 is 0 Å². The van der Waals surface area contributed by atoms with Crippen LogP contribution in [0.5, 0.6) is 0 Å². The maximum Gasteiger partial charge on any atom is 0.220 e. The van der Waals surface area contributed by atoms with E-state index in [9.17, 15) is 4.79 Å². The molecule has 0 spiro atoms. The van der Waals surface area contributed by atoms with Crippen LogP contribution in [-0.2, 0) is 11.3 Å². The second-order valence-electron chi connectivity index (χ2n) is 7.64. The van der Waals surface area contributed by atoms with Crippen LogP contribution in [0, 0.1) is 24.7 Å². The molecule has 1 aromatic heterocycles. The first-order chi connectivity index (χ1) is 11.7. The van der Waals surface area contributed by atoms with Crippen LogP contribution < -0.4 is 5.32 Å². The van der Waals surface area contributed by atoms with Crippen molar-refractivity contribution in [3.05, 3.63) is 30.1 Å². The van der Waals surface area contributed by atoms with Gasteiger partial charge in [-0.3, -0.25) is 4.79 Å². The molecular formula is C20H27N3O. The predicted octanol–water partition coefficient (Wildman–Crippen LogP) is 3.68. The molecule has 1 aromatic carbocycles. The molecule has 2 saturated carbocycles. The van der Waals surface area contributed by atoms with Gasteiger partial charge in [-0.1, -0.05) is 18.6 Å². The molecule has 3 unspecified atom stereocenters. The highest BCUT2D eigenvalue weighted by Gasteiger charge is 2.39. The molecule has 1 heterocycles. The molecule has 1 amide bonds. The average molecular weight is 325 g/mol. The predicted molar refractivity (Wildman–Crippen MR) is 95.7 cm³/mol. The van der Waals surface area contributed by atoms with Gasteiger partial charge in [0.2, 0.25) is 5.91 Å². The average Bonchev–Trinajstić information content (AvgIpc) is 3.25. The van der Waals surface area contributed by atoms with Crippen LogP contribution in [0.15, 0.2) is 24.3 Å². The van der Waals surface area contributed by atoms with E-state index in [1.54, 1.807) is 0 Å². The summed E-state index contributed by atoms with van der Waals surface area (Å²) in [5.74, 6) is 3.71. The van der Waals surface area contributed by atoms with Crippen molar-refractivity contribution in [3.8, 4) is 0 Å². The lowest BCUT2D eigenvalue weighted by molar-refractivity contribution is -0.122. The lowest BCUT2D eigenvalue weighted by atomic mass is 9.86. The number of fused-ring (bicyclic) bond motifs is 3. The van der Waals surface area contributed by atoms with Crippen LogP contribution in [0.4, 0.5) is 0 Å². The second-order valence-corrected chi connectivity index (χ2v) is 7.64. The molecule has 2 aliphatic rings. The third-order valence-corrected chi connectivity index (χ3v) is 6.06. The highest BCUT2D eigenvalue weighted by atomic mass is 16.1. The Labute approximate surface area is 143 Å². The topological polar surface area (TPSA) is 46.9 Å². The number of carbonyl (C=O) groups excluding carboxylic acids is 1. The quantitative estimate of drug-likeness (QED) is 0.824. The van der Waals surface area contributed by atoms with Gasteiger partial charge in [0.05, 0.1) is 11.0 Å². The maximum absolute atomic E-state index is 12.2. The summed E-state index contributed by atoms with van der Waals surface area (Å²) in [4.78, 5) is 16.8. The van der Waals surface area contributed by atoms with Crippen LogP contribution in [0.1, 0.15) is 44.3 Å². The highest BCUT2D eigenvalue weighted by Crippen LogP contribution is 2.49. The van der Waals surface area contributed by atoms with Crippen molar-refractivity contribution in [2.45, 2.75) is 52.0 Å². The molecule has 2 bridgehead atoms. The molecule has 2 aromatic rings.